The molecule has 6 aromatic rings. The lowest BCUT2D eigenvalue weighted by atomic mass is 9.72. The van der Waals surface area contributed by atoms with E-state index >= 15 is 0 Å². The molecule has 2 amide bonds. The van der Waals surface area contributed by atoms with Crippen molar-refractivity contribution in [3.05, 3.63) is 89.7 Å². The number of fused-ring (bicyclic) bond motifs is 4. The maximum absolute atomic E-state index is 14.2. The standard InChI is InChI=1S/C39H39FN6O2S2/c1-23-9-12-27-32(19-23)50-37(43-27)44-36(48)42-26-7-5-6-8-29(26)46-22-39(15-17-45(18-16-39)21-38(2,3)4)33-25(11-13-30(47)34(33)46)35-41-28-20-24(40)10-14-31(28)49-35/h5-14,19-20,47H,15-18,21-22H2,1-4H3,(H2,42,43,44,48). The number of phenols is 1. The number of halogens is 1. The third kappa shape index (κ3) is 6.07. The summed E-state index contributed by atoms with van der Waals surface area (Å²) in [6.07, 6.45) is 1.80. The van der Waals surface area contributed by atoms with E-state index in [4.69, 9.17) is 4.98 Å². The van der Waals surface area contributed by atoms with Crippen LogP contribution in [0.25, 0.3) is 31.0 Å². The molecule has 11 heteroatoms. The van der Waals surface area contributed by atoms with Crippen LogP contribution in [0.15, 0.2) is 72.8 Å². The lowest BCUT2D eigenvalue weighted by Crippen LogP contribution is -2.47. The molecule has 4 aromatic carbocycles. The Labute approximate surface area is 298 Å². The molecule has 1 fully saturated rings. The number of likely N-dealkylation sites (tertiary alicyclic amines) is 1. The Hall–Kier alpha value is -4.58. The number of amides is 2. The molecule has 2 aliphatic heterocycles. The highest BCUT2D eigenvalue weighted by Crippen LogP contribution is 2.57. The molecular formula is C39H39FN6O2S2. The summed E-state index contributed by atoms with van der Waals surface area (Å²) < 4.78 is 16.1. The number of aromatic hydroxyl groups is 1. The van der Waals surface area contributed by atoms with Gasteiger partial charge in [-0.3, -0.25) is 5.32 Å². The molecule has 0 aliphatic carbocycles. The number of rotatable bonds is 5. The first-order valence-electron chi connectivity index (χ1n) is 16.9. The maximum atomic E-state index is 14.2. The fraction of sp³-hybridized carbons (Fsp3) is 0.308. The molecule has 0 atom stereocenters. The Morgan fingerprint density at radius 3 is 2.54 bits per heavy atom. The number of piperidine rings is 1. The van der Waals surface area contributed by atoms with Crippen molar-refractivity contribution in [1.29, 1.82) is 0 Å². The molecule has 2 aliphatic rings. The van der Waals surface area contributed by atoms with Gasteiger partial charge < -0.3 is 20.2 Å². The van der Waals surface area contributed by atoms with Gasteiger partial charge in [0.15, 0.2) is 5.13 Å². The Kier molecular flexibility index (Phi) is 8.04. The predicted octanol–water partition coefficient (Wildman–Crippen LogP) is 9.90. The van der Waals surface area contributed by atoms with Crippen molar-refractivity contribution in [3.8, 4) is 16.3 Å². The second-order valence-electron chi connectivity index (χ2n) is 14.8. The number of para-hydroxylation sites is 2. The summed E-state index contributed by atoms with van der Waals surface area (Å²) >= 11 is 2.98. The van der Waals surface area contributed by atoms with E-state index < -0.39 is 6.03 Å². The molecule has 0 bridgehead atoms. The zero-order valence-corrected chi connectivity index (χ0v) is 30.1. The number of urea groups is 1. The first-order valence-corrected chi connectivity index (χ1v) is 18.6. The summed E-state index contributed by atoms with van der Waals surface area (Å²) in [4.78, 5) is 27.6. The molecule has 4 heterocycles. The monoisotopic (exact) mass is 706 g/mol. The zero-order valence-electron chi connectivity index (χ0n) is 28.5. The number of hydrogen-bond acceptors (Lipinski definition) is 8. The molecular weight excluding hydrogens is 668 g/mol. The molecule has 1 spiro atoms. The highest BCUT2D eigenvalue weighted by Gasteiger charge is 2.49. The van der Waals surface area contributed by atoms with Crippen molar-refractivity contribution >= 4 is 71.3 Å². The molecule has 2 aromatic heterocycles. The predicted molar refractivity (Wildman–Crippen MR) is 204 cm³/mol. The van der Waals surface area contributed by atoms with Gasteiger partial charge in [0.2, 0.25) is 0 Å². The number of hydrogen-bond donors (Lipinski definition) is 3. The number of aromatic nitrogens is 2. The van der Waals surface area contributed by atoms with Crippen LogP contribution in [0.2, 0.25) is 0 Å². The van der Waals surface area contributed by atoms with Crippen LogP contribution in [-0.4, -0.2) is 52.2 Å². The van der Waals surface area contributed by atoms with Gasteiger partial charge in [-0.1, -0.05) is 50.3 Å². The van der Waals surface area contributed by atoms with Crippen molar-refractivity contribution in [2.45, 2.75) is 46.0 Å². The minimum Gasteiger partial charge on any atom is -0.506 e. The molecule has 50 heavy (non-hydrogen) atoms. The molecule has 256 valence electrons. The van der Waals surface area contributed by atoms with Crippen LogP contribution in [0, 0.1) is 18.2 Å². The summed E-state index contributed by atoms with van der Waals surface area (Å²) in [5.74, 6) is -0.139. The maximum Gasteiger partial charge on any atom is 0.325 e. The molecule has 1 saturated heterocycles. The fourth-order valence-corrected chi connectivity index (χ4v) is 9.56. The number of thiazole rings is 2. The number of carbonyl (C=O) groups excluding carboxylic acids is 1. The molecule has 0 radical (unpaired) electrons. The highest BCUT2D eigenvalue weighted by atomic mass is 32.1. The van der Waals surface area contributed by atoms with Crippen LogP contribution >= 0.6 is 22.7 Å². The van der Waals surface area contributed by atoms with E-state index in [1.54, 1.807) is 12.1 Å². The SMILES string of the molecule is Cc1ccc2nc(NC(=O)Nc3ccccc3N3CC4(CCN(CC(C)(C)C)CC4)c4c(-c5nc6cc(F)ccc6s5)ccc(O)c43)sc2c1. The van der Waals surface area contributed by atoms with E-state index in [-0.39, 0.29) is 22.4 Å². The van der Waals surface area contributed by atoms with E-state index in [0.29, 0.717) is 22.9 Å². The van der Waals surface area contributed by atoms with E-state index in [0.717, 1.165) is 80.5 Å². The number of nitrogens with one attached hydrogen (secondary N) is 2. The molecule has 3 N–H and O–H groups in total. The average molecular weight is 707 g/mol. The van der Waals surface area contributed by atoms with Gasteiger partial charge in [0.1, 0.15) is 16.6 Å². The first-order chi connectivity index (χ1) is 23.9. The third-order valence-electron chi connectivity index (χ3n) is 9.72. The smallest absolute Gasteiger partial charge is 0.325 e. The van der Waals surface area contributed by atoms with Gasteiger partial charge in [-0.15, -0.1) is 11.3 Å². The zero-order chi connectivity index (χ0) is 34.8. The molecule has 8 nitrogen and oxygen atoms in total. The lowest BCUT2D eigenvalue weighted by Gasteiger charge is -2.42. The van der Waals surface area contributed by atoms with E-state index in [1.165, 1.54) is 34.8 Å². The Morgan fingerprint density at radius 2 is 1.74 bits per heavy atom. The quantitative estimate of drug-likeness (QED) is 0.165. The van der Waals surface area contributed by atoms with Crippen molar-refractivity contribution in [3.63, 3.8) is 0 Å². The topological polar surface area (TPSA) is 93.6 Å². The van der Waals surface area contributed by atoms with Crippen LogP contribution in [0.5, 0.6) is 5.75 Å². The number of aryl methyl sites for hydroxylation is 1. The number of nitrogens with zero attached hydrogens (tertiary/aromatic N) is 4. The van der Waals surface area contributed by atoms with Gasteiger partial charge in [0.05, 0.1) is 37.5 Å². The lowest BCUT2D eigenvalue weighted by molar-refractivity contribution is 0.125. The summed E-state index contributed by atoms with van der Waals surface area (Å²) in [7, 11) is 0. The minimum absolute atomic E-state index is 0.175. The van der Waals surface area contributed by atoms with Crippen LogP contribution in [0.4, 0.5) is 31.4 Å². The molecule has 0 saturated carbocycles. The van der Waals surface area contributed by atoms with Gasteiger partial charge in [0.25, 0.3) is 0 Å². The van der Waals surface area contributed by atoms with Crippen molar-refractivity contribution in [2.24, 2.45) is 5.41 Å². The molecule has 8 rings (SSSR count). The van der Waals surface area contributed by atoms with Crippen LogP contribution in [0.1, 0.15) is 44.7 Å². The minimum atomic E-state index is -0.391. The van der Waals surface area contributed by atoms with Crippen molar-refractivity contribution < 1.29 is 14.3 Å². The van der Waals surface area contributed by atoms with E-state index in [2.05, 4.69) is 52.3 Å². The number of carbonyl (C=O) groups is 1. The normalized spacial score (nSPS) is 16.0. The number of benzene rings is 4. The third-order valence-corrected chi connectivity index (χ3v) is 11.7. The van der Waals surface area contributed by atoms with Crippen LogP contribution in [0.3, 0.4) is 0 Å². The second-order valence-corrected chi connectivity index (χ2v) is 16.8. The van der Waals surface area contributed by atoms with Crippen LogP contribution in [-0.2, 0) is 5.41 Å². The molecule has 0 unspecified atom stereocenters. The van der Waals surface area contributed by atoms with Gasteiger partial charge in [-0.05, 0) is 97.9 Å². The van der Waals surface area contributed by atoms with Crippen LogP contribution < -0.4 is 15.5 Å². The summed E-state index contributed by atoms with van der Waals surface area (Å²) in [6, 6.07) is 21.8. The Bertz CT molecular complexity index is 2270. The second kappa shape index (κ2) is 12.3. The largest absolute Gasteiger partial charge is 0.506 e. The highest BCUT2D eigenvalue weighted by molar-refractivity contribution is 7.22. The fourth-order valence-electron chi connectivity index (χ4n) is 7.62. The van der Waals surface area contributed by atoms with E-state index in [1.807, 2.05) is 49.4 Å². The number of phenolic OH excluding ortho intramolecular Hbond substituents is 1. The first kappa shape index (κ1) is 32.6. The van der Waals surface area contributed by atoms with Crippen molar-refractivity contribution in [2.75, 3.05) is 41.7 Å². The summed E-state index contributed by atoms with van der Waals surface area (Å²) in [5.41, 5.74) is 6.66. The number of anilines is 4. The average Bonchev–Trinajstić information content (AvgIpc) is 3.76. The van der Waals surface area contributed by atoms with Gasteiger partial charge in [-0.2, -0.15) is 0 Å². The van der Waals surface area contributed by atoms with Crippen molar-refractivity contribution in [1.82, 2.24) is 14.9 Å². The Morgan fingerprint density at radius 1 is 0.940 bits per heavy atom. The van der Waals surface area contributed by atoms with Gasteiger partial charge in [-0.25, -0.2) is 19.2 Å². The van der Waals surface area contributed by atoms with Gasteiger partial charge in [0, 0.05) is 30.1 Å². The summed E-state index contributed by atoms with van der Waals surface area (Å²) in [5, 5.41) is 19.0. The van der Waals surface area contributed by atoms with E-state index in [9.17, 15) is 14.3 Å². The Balaban J connectivity index is 1.18. The van der Waals surface area contributed by atoms with Gasteiger partial charge >= 0.3 is 6.03 Å². The summed E-state index contributed by atoms with van der Waals surface area (Å²) in [6.45, 7) is 12.3.